The third-order valence-corrected chi connectivity index (χ3v) is 6.83. The van der Waals surface area contributed by atoms with Crippen LogP contribution in [0.1, 0.15) is 6.42 Å². The number of thiocarbonyl (C=S) groups is 1. The first-order chi connectivity index (χ1) is 12.5. The molecule has 0 saturated carbocycles. The van der Waals surface area contributed by atoms with Gasteiger partial charge in [0.15, 0.2) is 6.23 Å². The molecule has 2 aliphatic rings. The van der Waals surface area contributed by atoms with E-state index in [1.807, 2.05) is 0 Å². The van der Waals surface area contributed by atoms with E-state index in [9.17, 15) is 28.7 Å². The summed E-state index contributed by atoms with van der Waals surface area (Å²) in [5, 5.41) is 22.4. The maximum atomic E-state index is 11.9. The Bertz CT molecular complexity index is 693. The van der Waals surface area contributed by atoms with E-state index in [-0.39, 0.29) is 6.54 Å². The van der Waals surface area contributed by atoms with Crippen LogP contribution in [0.15, 0.2) is 0 Å². The predicted molar refractivity (Wildman–Crippen MR) is 88.5 cm³/mol. The molecule has 0 spiro atoms. The summed E-state index contributed by atoms with van der Waals surface area (Å²) in [6.07, 6.45) is -5.22. The van der Waals surface area contributed by atoms with E-state index in [0.29, 0.717) is 11.4 Å². The number of hydrogen-bond donors (Lipinski definition) is 5. The minimum absolute atomic E-state index is 0.133. The molecule has 27 heavy (non-hydrogen) atoms. The Morgan fingerprint density at radius 3 is 2.59 bits per heavy atom. The van der Waals surface area contributed by atoms with Crippen LogP contribution in [0.25, 0.3) is 0 Å². The van der Waals surface area contributed by atoms with Crippen molar-refractivity contribution in [2.75, 3.05) is 13.2 Å². The van der Waals surface area contributed by atoms with E-state index in [0.717, 1.165) is 4.90 Å². The lowest BCUT2D eigenvalue weighted by Gasteiger charge is -2.33. The highest BCUT2D eigenvalue weighted by atomic mass is 32.1. The van der Waals surface area contributed by atoms with Crippen molar-refractivity contribution in [2.24, 2.45) is 0 Å². The number of hydrogen-bond acceptors (Lipinski definition) is 11. The number of carbonyl (C=O) groups is 1. The van der Waals surface area contributed by atoms with Crippen molar-refractivity contribution in [1.82, 2.24) is 10.2 Å². The van der Waals surface area contributed by atoms with Gasteiger partial charge in [-0.3, -0.25) is 9.79 Å². The summed E-state index contributed by atoms with van der Waals surface area (Å²) in [6, 6.07) is -0.630. The van der Waals surface area contributed by atoms with Crippen LogP contribution >= 0.6 is 36.6 Å². The molecular weight excluding hydrogens is 453 g/mol. The maximum absolute atomic E-state index is 11.9. The van der Waals surface area contributed by atoms with Gasteiger partial charge in [0, 0.05) is 30.7 Å². The Labute approximate surface area is 158 Å². The van der Waals surface area contributed by atoms with Crippen molar-refractivity contribution in [3.63, 3.8) is 0 Å². The highest BCUT2D eigenvalue weighted by Crippen LogP contribution is 2.57. The molecule has 0 aromatic carbocycles. The Hall–Kier alpha value is -0.530. The lowest BCUT2D eigenvalue weighted by Crippen LogP contribution is -2.56. The Kier molecular flexibility index (Phi) is 7.85. The Morgan fingerprint density at radius 1 is 1.33 bits per heavy atom. The molecule has 152 valence electrons. The van der Waals surface area contributed by atoms with E-state index >= 15 is 0 Å². The summed E-state index contributed by atoms with van der Waals surface area (Å²) in [7, 11) is -11.9. The van der Waals surface area contributed by atoms with Crippen LogP contribution in [0.4, 0.5) is 4.79 Å². The molecule has 0 radical (unpaired) electrons. The second-order valence-electron chi connectivity index (χ2n) is 5.23. The number of rotatable bonds is 8. The zero-order valence-corrected chi connectivity index (χ0v) is 16.7. The van der Waals surface area contributed by atoms with Crippen LogP contribution in [-0.4, -0.2) is 73.6 Å². The lowest BCUT2D eigenvalue weighted by molar-refractivity contribution is -0.0769. The van der Waals surface area contributed by atoms with Gasteiger partial charge in [0.25, 0.3) is 0 Å². The zero-order valence-electron chi connectivity index (χ0n) is 13.2. The monoisotopic (exact) mass is 468 g/mol. The van der Waals surface area contributed by atoms with Gasteiger partial charge in [-0.1, -0.05) is 12.2 Å². The Morgan fingerprint density at radius 2 is 2.00 bits per heavy atom. The molecule has 2 amide bonds. The molecule has 0 bridgehead atoms. The first kappa shape index (κ1) is 22.8. The molecule has 0 aromatic heterocycles. The van der Waals surface area contributed by atoms with Crippen LogP contribution in [0.3, 0.4) is 0 Å². The van der Waals surface area contributed by atoms with Crippen molar-refractivity contribution in [2.45, 2.75) is 31.0 Å². The van der Waals surface area contributed by atoms with E-state index in [1.165, 1.54) is 0 Å². The summed E-state index contributed by atoms with van der Waals surface area (Å²) in [5.41, 5.74) is 0. The molecule has 3 unspecified atom stereocenters. The molecule has 14 nitrogen and oxygen atoms in total. The molecule has 18 heteroatoms. The van der Waals surface area contributed by atoms with Gasteiger partial charge in [-0.2, -0.15) is 0 Å². The number of nitrogens with one attached hydrogen (secondary N) is 1. The third-order valence-electron chi connectivity index (χ3n) is 3.42. The molecule has 5 N–H and O–H groups in total. The second kappa shape index (κ2) is 9.31. The largest absolute Gasteiger partial charge is 0.708 e. The number of nitrogens with zero attached hydrogens (tertiary/aromatic N) is 1. The summed E-state index contributed by atoms with van der Waals surface area (Å²) < 4.78 is 50.6. The standard InChI is InChI=1S/C9H13N2O12P3S/c12-6-4(3-20-25(17)23-26(18,19)22-24(15)16)21-8(7(6)13)11-2-1-5(27)10-9(11)14/h4,6-8,12-13H,1-3H2,(H-2,10,14,15,16,18,19,27)/p+2/t4-,6-,7-,8-/m1/s1. The van der Waals surface area contributed by atoms with Gasteiger partial charge in [-0.05, 0) is 0 Å². The average Bonchev–Trinajstić information content (AvgIpc) is 2.79. The van der Waals surface area contributed by atoms with Crippen molar-refractivity contribution in [3.05, 3.63) is 0 Å². The smallest absolute Gasteiger partial charge is 0.387 e. The summed E-state index contributed by atoms with van der Waals surface area (Å²) in [6.45, 7) is -0.530. The van der Waals surface area contributed by atoms with Crippen molar-refractivity contribution in [3.8, 4) is 0 Å². The number of phosphoric acid groups is 1. The van der Waals surface area contributed by atoms with Gasteiger partial charge >= 0.3 is 30.4 Å². The van der Waals surface area contributed by atoms with Gasteiger partial charge in [-0.25, -0.2) is 9.36 Å². The molecule has 0 aliphatic carbocycles. The number of amides is 2. The fourth-order valence-corrected chi connectivity index (χ4v) is 4.69. The minimum atomic E-state index is -5.11. The first-order valence-electron chi connectivity index (χ1n) is 7.11. The quantitative estimate of drug-likeness (QED) is 0.228. The number of aliphatic hydroxyl groups excluding tert-OH is 2. The van der Waals surface area contributed by atoms with Gasteiger partial charge < -0.3 is 20.3 Å². The second-order valence-corrected chi connectivity index (χ2v) is 9.15. The average molecular weight is 468 g/mol. The van der Waals surface area contributed by atoms with Crippen molar-refractivity contribution >= 4 is 47.6 Å². The molecule has 2 rings (SSSR count). The van der Waals surface area contributed by atoms with Gasteiger partial charge in [-0.15, -0.1) is 9.42 Å². The van der Waals surface area contributed by atoms with Crippen molar-refractivity contribution in [1.29, 1.82) is 0 Å². The topological polar surface area (TPSA) is 201 Å². The van der Waals surface area contributed by atoms with Gasteiger partial charge in [0.1, 0.15) is 24.9 Å². The lowest BCUT2D eigenvalue weighted by atomic mass is 10.1. The van der Waals surface area contributed by atoms with E-state index in [1.54, 1.807) is 0 Å². The van der Waals surface area contributed by atoms with Crippen molar-refractivity contribution < 1.29 is 56.4 Å². The predicted octanol–water partition coefficient (Wildman–Crippen LogP) is -0.367. The van der Waals surface area contributed by atoms with E-state index in [2.05, 4.69) is 18.5 Å². The molecule has 7 atom stereocenters. The van der Waals surface area contributed by atoms with Crippen LogP contribution in [-0.2, 0) is 31.6 Å². The molecule has 2 saturated heterocycles. The number of urea groups is 1. The maximum Gasteiger partial charge on any atom is 0.708 e. The third kappa shape index (κ3) is 6.23. The highest BCUT2D eigenvalue weighted by molar-refractivity contribution is 7.80. The van der Waals surface area contributed by atoms with E-state index in [4.69, 9.17) is 26.7 Å². The number of ether oxygens (including phenoxy) is 1. The molecule has 2 aliphatic heterocycles. The minimum Gasteiger partial charge on any atom is -0.387 e. The molecule has 2 heterocycles. The van der Waals surface area contributed by atoms with Crippen LogP contribution in [0.5, 0.6) is 0 Å². The summed E-state index contributed by atoms with van der Waals surface area (Å²) in [5.74, 6) is 0. The Balaban J connectivity index is 1.89. The zero-order chi connectivity index (χ0) is 20.4. The summed E-state index contributed by atoms with van der Waals surface area (Å²) in [4.78, 5) is 30.7. The number of carbonyl (C=O) groups excluding carboxylic acids is 1. The summed E-state index contributed by atoms with van der Waals surface area (Å²) >= 11 is 4.86. The van der Waals surface area contributed by atoms with Gasteiger partial charge in [0.05, 0.1) is 4.99 Å². The molecular formula is C9H15N2O12P3S+2. The SMILES string of the molecule is O=C1NC(=S)CCN1[C@@H]1O[C@H](CO[P+](=O)OP(=O)(O)O[P+](=O)O)[C@@H](O)[C@H]1O. The number of aliphatic hydroxyl groups is 2. The fraction of sp³-hybridized carbons (Fsp3) is 0.778. The van der Waals surface area contributed by atoms with Crippen LogP contribution < -0.4 is 5.32 Å². The normalized spacial score (nSPS) is 32.1. The van der Waals surface area contributed by atoms with Gasteiger partial charge in [0.2, 0.25) is 0 Å². The fourth-order valence-electron chi connectivity index (χ4n) is 2.29. The highest BCUT2D eigenvalue weighted by Gasteiger charge is 2.50. The van der Waals surface area contributed by atoms with Crippen LogP contribution in [0, 0.1) is 0 Å². The van der Waals surface area contributed by atoms with Crippen LogP contribution in [0.2, 0.25) is 0 Å². The van der Waals surface area contributed by atoms with E-state index < -0.39 is 61.5 Å². The molecule has 0 aromatic rings. The molecule has 2 fully saturated rings. The first-order valence-corrected chi connectivity index (χ1v) is 11.2.